The number of nitrogens with two attached hydrogens (primary N) is 1. The number of fused-ring (bicyclic) bond motifs is 1. The van der Waals surface area contributed by atoms with Crippen molar-refractivity contribution < 1.29 is 0 Å². The summed E-state index contributed by atoms with van der Waals surface area (Å²) in [5, 5.41) is 5.45. The molecule has 0 aliphatic carbocycles. The molecule has 3 N–H and O–H groups in total. The molecule has 0 spiro atoms. The van der Waals surface area contributed by atoms with Gasteiger partial charge in [0.2, 0.25) is 0 Å². The molecular weight excluding hydrogens is 349 g/mol. The number of benzene rings is 2. The van der Waals surface area contributed by atoms with E-state index in [1.807, 2.05) is 24.4 Å². The zero-order chi connectivity index (χ0) is 13.2. The Bertz CT molecular complexity index is 723. The molecule has 0 aliphatic heterocycles. The number of rotatable bonds is 2. The average Bonchev–Trinajstić information content (AvgIpc) is 2.45. The van der Waals surface area contributed by atoms with Gasteiger partial charge < -0.3 is 11.1 Å². The molecular formula is C15H12IN3. The minimum Gasteiger partial charge on any atom is -0.398 e. The van der Waals surface area contributed by atoms with Gasteiger partial charge in [-0.1, -0.05) is 0 Å². The summed E-state index contributed by atoms with van der Waals surface area (Å²) in [4.78, 5) is 4.17. The van der Waals surface area contributed by atoms with Gasteiger partial charge in [-0.3, -0.25) is 4.98 Å². The summed E-state index contributed by atoms with van der Waals surface area (Å²) < 4.78 is 1.21. The fraction of sp³-hybridized carbons (Fsp3) is 0. The van der Waals surface area contributed by atoms with Gasteiger partial charge in [-0.15, -0.1) is 0 Å². The summed E-state index contributed by atoms with van der Waals surface area (Å²) >= 11 is 2.29. The maximum atomic E-state index is 5.98. The highest BCUT2D eigenvalue weighted by Gasteiger charge is 2.04. The van der Waals surface area contributed by atoms with Crippen LogP contribution < -0.4 is 11.1 Å². The maximum Gasteiger partial charge on any atom is 0.0481 e. The first-order valence-electron chi connectivity index (χ1n) is 5.89. The number of pyridine rings is 1. The van der Waals surface area contributed by atoms with Crippen LogP contribution in [0.1, 0.15) is 0 Å². The van der Waals surface area contributed by atoms with Crippen molar-refractivity contribution in [2.45, 2.75) is 0 Å². The Morgan fingerprint density at radius 3 is 2.53 bits per heavy atom. The van der Waals surface area contributed by atoms with E-state index in [2.05, 4.69) is 57.2 Å². The lowest BCUT2D eigenvalue weighted by Gasteiger charge is -2.11. The van der Waals surface area contributed by atoms with Gasteiger partial charge in [0, 0.05) is 43.8 Å². The molecule has 4 heteroatoms. The van der Waals surface area contributed by atoms with Gasteiger partial charge in [0.05, 0.1) is 0 Å². The standard InChI is InChI=1S/C15H12IN3/c16-10-1-3-11(4-2-10)19-15-6-5-14(17)12-7-8-18-9-13(12)15/h1-9,19H,17H2. The Labute approximate surface area is 125 Å². The predicted molar refractivity (Wildman–Crippen MR) is 88.6 cm³/mol. The minimum atomic E-state index is 0.769. The van der Waals surface area contributed by atoms with E-state index < -0.39 is 0 Å². The number of nitrogens with zero attached hydrogens (tertiary/aromatic N) is 1. The number of aromatic nitrogens is 1. The molecule has 0 fully saturated rings. The predicted octanol–water partition coefficient (Wildman–Crippen LogP) is 4.17. The van der Waals surface area contributed by atoms with Gasteiger partial charge in [-0.2, -0.15) is 0 Å². The van der Waals surface area contributed by atoms with Crippen LogP contribution in [0.3, 0.4) is 0 Å². The second-order valence-corrected chi connectivity index (χ2v) is 5.50. The zero-order valence-electron chi connectivity index (χ0n) is 10.1. The second kappa shape index (κ2) is 5.05. The van der Waals surface area contributed by atoms with Crippen LogP contribution in [0.2, 0.25) is 0 Å². The van der Waals surface area contributed by atoms with Gasteiger partial charge in [-0.25, -0.2) is 0 Å². The van der Waals surface area contributed by atoms with Crippen LogP contribution in [-0.2, 0) is 0 Å². The Hall–Kier alpha value is -1.82. The van der Waals surface area contributed by atoms with Crippen molar-refractivity contribution in [3.05, 3.63) is 58.4 Å². The molecule has 0 aliphatic rings. The van der Waals surface area contributed by atoms with Crippen LogP contribution in [0, 0.1) is 3.57 Å². The molecule has 0 amide bonds. The lowest BCUT2D eigenvalue weighted by molar-refractivity contribution is 1.36. The Kier molecular flexibility index (Phi) is 3.25. The second-order valence-electron chi connectivity index (χ2n) is 4.26. The third-order valence-corrected chi connectivity index (χ3v) is 3.69. The van der Waals surface area contributed by atoms with Gasteiger partial charge in [0.1, 0.15) is 0 Å². The normalized spacial score (nSPS) is 10.6. The van der Waals surface area contributed by atoms with Crippen molar-refractivity contribution in [1.29, 1.82) is 0 Å². The lowest BCUT2D eigenvalue weighted by atomic mass is 10.1. The van der Waals surface area contributed by atoms with Crippen LogP contribution >= 0.6 is 22.6 Å². The average molecular weight is 361 g/mol. The minimum absolute atomic E-state index is 0.769. The van der Waals surface area contributed by atoms with E-state index in [9.17, 15) is 0 Å². The van der Waals surface area contributed by atoms with Crippen LogP contribution in [0.25, 0.3) is 10.8 Å². The molecule has 3 nitrogen and oxygen atoms in total. The third kappa shape index (κ3) is 2.49. The molecule has 0 atom stereocenters. The summed E-state index contributed by atoms with van der Waals surface area (Å²) in [5.41, 5.74) is 8.81. The molecule has 0 bridgehead atoms. The lowest BCUT2D eigenvalue weighted by Crippen LogP contribution is -1.94. The fourth-order valence-electron chi connectivity index (χ4n) is 2.01. The Morgan fingerprint density at radius 2 is 1.74 bits per heavy atom. The molecule has 19 heavy (non-hydrogen) atoms. The van der Waals surface area contributed by atoms with Crippen molar-refractivity contribution >= 4 is 50.4 Å². The first-order valence-corrected chi connectivity index (χ1v) is 6.97. The van der Waals surface area contributed by atoms with Crippen LogP contribution in [0.5, 0.6) is 0 Å². The molecule has 0 unspecified atom stereocenters. The number of anilines is 3. The van der Waals surface area contributed by atoms with Crippen molar-refractivity contribution in [1.82, 2.24) is 4.98 Å². The molecule has 94 valence electrons. The summed E-state index contributed by atoms with van der Waals surface area (Å²) in [6.45, 7) is 0. The molecule has 0 saturated carbocycles. The first kappa shape index (κ1) is 12.2. The monoisotopic (exact) mass is 361 g/mol. The smallest absolute Gasteiger partial charge is 0.0481 e. The first-order chi connectivity index (χ1) is 9.24. The van der Waals surface area contributed by atoms with E-state index in [0.29, 0.717) is 0 Å². The van der Waals surface area contributed by atoms with Crippen molar-refractivity contribution in [3.8, 4) is 0 Å². The third-order valence-electron chi connectivity index (χ3n) is 2.98. The molecule has 1 aromatic heterocycles. The number of nitrogen functional groups attached to an aromatic ring is 1. The van der Waals surface area contributed by atoms with Crippen molar-refractivity contribution in [2.75, 3.05) is 11.1 Å². The van der Waals surface area contributed by atoms with Crippen molar-refractivity contribution in [2.24, 2.45) is 0 Å². The highest BCUT2D eigenvalue weighted by Crippen LogP contribution is 2.29. The summed E-state index contributed by atoms with van der Waals surface area (Å²) in [5.74, 6) is 0. The van der Waals surface area contributed by atoms with Crippen LogP contribution in [0.15, 0.2) is 54.9 Å². The van der Waals surface area contributed by atoms with Gasteiger partial charge >= 0.3 is 0 Å². The van der Waals surface area contributed by atoms with Crippen LogP contribution in [0.4, 0.5) is 17.1 Å². The quantitative estimate of drug-likeness (QED) is 0.532. The van der Waals surface area contributed by atoms with E-state index in [1.165, 1.54) is 3.57 Å². The summed E-state index contributed by atoms with van der Waals surface area (Å²) in [6, 6.07) is 14.1. The fourth-order valence-corrected chi connectivity index (χ4v) is 2.37. The van der Waals surface area contributed by atoms with Crippen molar-refractivity contribution in [3.63, 3.8) is 0 Å². The van der Waals surface area contributed by atoms with Gasteiger partial charge in [-0.05, 0) is 65.1 Å². The topological polar surface area (TPSA) is 50.9 Å². The molecule has 0 radical (unpaired) electrons. The summed E-state index contributed by atoms with van der Waals surface area (Å²) in [6.07, 6.45) is 3.59. The highest BCUT2D eigenvalue weighted by atomic mass is 127. The Morgan fingerprint density at radius 1 is 0.947 bits per heavy atom. The van der Waals surface area contributed by atoms with E-state index in [-0.39, 0.29) is 0 Å². The molecule has 2 aromatic carbocycles. The maximum absolute atomic E-state index is 5.98. The number of hydrogen-bond donors (Lipinski definition) is 2. The van der Waals surface area contributed by atoms with E-state index in [1.54, 1.807) is 6.20 Å². The van der Waals surface area contributed by atoms with Gasteiger partial charge in [0.25, 0.3) is 0 Å². The molecule has 0 saturated heterocycles. The van der Waals surface area contributed by atoms with E-state index >= 15 is 0 Å². The zero-order valence-corrected chi connectivity index (χ0v) is 12.3. The van der Waals surface area contributed by atoms with E-state index in [0.717, 1.165) is 27.8 Å². The number of hydrogen-bond acceptors (Lipinski definition) is 3. The molecule has 3 aromatic rings. The summed E-state index contributed by atoms with van der Waals surface area (Å²) in [7, 11) is 0. The largest absolute Gasteiger partial charge is 0.398 e. The highest BCUT2D eigenvalue weighted by molar-refractivity contribution is 14.1. The SMILES string of the molecule is Nc1ccc(Nc2ccc(I)cc2)c2cnccc12. The van der Waals surface area contributed by atoms with Crippen LogP contribution in [-0.4, -0.2) is 4.98 Å². The molecule has 1 heterocycles. The number of halogens is 1. The van der Waals surface area contributed by atoms with Gasteiger partial charge in [0.15, 0.2) is 0 Å². The number of nitrogens with one attached hydrogen (secondary N) is 1. The Balaban J connectivity index is 2.06. The molecule has 3 rings (SSSR count). The van der Waals surface area contributed by atoms with E-state index in [4.69, 9.17) is 5.73 Å².